The smallest absolute Gasteiger partial charge is 0.225 e. The van der Waals surface area contributed by atoms with E-state index in [0.717, 1.165) is 18.8 Å². The number of imidazole rings is 1. The Morgan fingerprint density at radius 2 is 2.14 bits per heavy atom. The van der Waals surface area contributed by atoms with Crippen molar-refractivity contribution in [3.8, 4) is 0 Å². The number of carbonyl (C=O) groups is 1. The van der Waals surface area contributed by atoms with Gasteiger partial charge in [0, 0.05) is 44.9 Å². The lowest BCUT2D eigenvalue weighted by Gasteiger charge is -2.15. The molecule has 1 amide bonds. The van der Waals surface area contributed by atoms with Crippen molar-refractivity contribution in [3.05, 3.63) is 36.7 Å². The van der Waals surface area contributed by atoms with Gasteiger partial charge in [-0.2, -0.15) is 0 Å². The van der Waals surface area contributed by atoms with Crippen molar-refractivity contribution in [1.82, 2.24) is 24.8 Å². The second-order valence-corrected chi connectivity index (χ2v) is 5.15. The number of rotatable bonds is 4. The average Bonchev–Trinajstić information content (AvgIpc) is 3.15. The highest BCUT2D eigenvalue weighted by molar-refractivity contribution is 5.79. The number of aromatic nitrogens is 4. The lowest BCUT2D eigenvalue weighted by atomic mass is 10.1. The first kappa shape index (κ1) is 13.5. The zero-order chi connectivity index (χ0) is 14.7. The minimum absolute atomic E-state index is 0.0194. The third kappa shape index (κ3) is 3.01. The van der Waals surface area contributed by atoms with Crippen LogP contribution in [0.2, 0.25) is 0 Å². The van der Waals surface area contributed by atoms with E-state index in [1.165, 1.54) is 0 Å². The van der Waals surface area contributed by atoms with E-state index in [4.69, 9.17) is 0 Å². The van der Waals surface area contributed by atoms with Gasteiger partial charge in [-0.15, -0.1) is 0 Å². The van der Waals surface area contributed by atoms with E-state index in [2.05, 4.69) is 20.3 Å². The predicted molar refractivity (Wildman–Crippen MR) is 77.4 cm³/mol. The summed E-state index contributed by atoms with van der Waals surface area (Å²) < 4.78 is 1.90. The molecule has 1 saturated heterocycles. The van der Waals surface area contributed by atoms with Crippen LogP contribution in [0, 0.1) is 5.92 Å². The summed E-state index contributed by atoms with van der Waals surface area (Å²) in [7, 11) is 1.92. The number of carbonyl (C=O) groups excluding carboxylic acids is 1. The highest BCUT2D eigenvalue weighted by Gasteiger charge is 2.29. The molecule has 2 aromatic heterocycles. The minimum atomic E-state index is -0.0194. The van der Waals surface area contributed by atoms with Crippen molar-refractivity contribution in [2.24, 2.45) is 13.0 Å². The molecule has 1 atom stereocenters. The van der Waals surface area contributed by atoms with Crippen molar-refractivity contribution in [3.63, 3.8) is 0 Å². The minimum Gasteiger partial charge on any atom is -0.349 e. The molecule has 1 aliphatic rings. The van der Waals surface area contributed by atoms with Crippen LogP contribution >= 0.6 is 0 Å². The molecular formula is C14H18N6O. The maximum Gasteiger partial charge on any atom is 0.225 e. The molecule has 0 unspecified atom stereocenters. The summed E-state index contributed by atoms with van der Waals surface area (Å²) in [6.07, 6.45) is 7.86. The zero-order valence-corrected chi connectivity index (χ0v) is 11.9. The second kappa shape index (κ2) is 5.90. The first-order valence-corrected chi connectivity index (χ1v) is 7.00. The molecule has 3 rings (SSSR count). The molecule has 0 spiro atoms. The van der Waals surface area contributed by atoms with Gasteiger partial charge in [-0.3, -0.25) is 4.79 Å². The molecule has 3 heterocycles. The van der Waals surface area contributed by atoms with Gasteiger partial charge in [0.05, 0.1) is 12.5 Å². The van der Waals surface area contributed by atoms with Gasteiger partial charge in [0.15, 0.2) is 0 Å². The van der Waals surface area contributed by atoms with E-state index in [1.54, 1.807) is 24.7 Å². The quantitative estimate of drug-likeness (QED) is 0.878. The molecule has 0 aromatic carbocycles. The standard InChI is InChI=1S/C14H18N6O/c1-19-8-6-15-12(19)9-18-13(21)11-3-7-20(10-11)14-16-4-2-5-17-14/h2,4-6,8,11H,3,7,9-10H2,1H3,(H,18,21)/t11-/m1/s1. The van der Waals surface area contributed by atoms with Crippen LogP contribution in [0.4, 0.5) is 5.95 Å². The number of amides is 1. The SMILES string of the molecule is Cn1ccnc1CNC(=O)[C@@H]1CCN(c2ncccn2)C1. The van der Waals surface area contributed by atoms with Gasteiger partial charge in [0.1, 0.15) is 5.82 Å². The Kier molecular flexibility index (Phi) is 3.81. The molecule has 110 valence electrons. The highest BCUT2D eigenvalue weighted by Crippen LogP contribution is 2.20. The maximum absolute atomic E-state index is 12.2. The van der Waals surface area contributed by atoms with Crippen LogP contribution in [0.15, 0.2) is 30.9 Å². The van der Waals surface area contributed by atoms with Crippen LogP contribution in [0.25, 0.3) is 0 Å². The summed E-state index contributed by atoms with van der Waals surface area (Å²) in [5.41, 5.74) is 0. The lowest BCUT2D eigenvalue weighted by Crippen LogP contribution is -2.33. The number of hydrogen-bond acceptors (Lipinski definition) is 5. The third-order valence-corrected chi connectivity index (χ3v) is 3.74. The number of aryl methyl sites for hydroxylation is 1. The van der Waals surface area contributed by atoms with Gasteiger partial charge in [0.25, 0.3) is 0 Å². The zero-order valence-electron chi connectivity index (χ0n) is 11.9. The molecule has 1 fully saturated rings. The fourth-order valence-corrected chi connectivity index (χ4v) is 2.49. The molecule has 1 N–H and O–H groups in total. The van der Waals surface area contributed by atoms with Gasteiger partial charge >= 0.3 is 0 Å². The van der Waals surface area contributed by atoms with Crippen LogP contribution in [-0.4, -0.2) is 38.5 Å². The molecule has 21 heavy (non-hydrogen) atoms. The summed E-state index contributed by atoms with van der Waals surface area (Å²) in [5, 5.41) is 2.95. The largest absolute Gasteiger partial charge is 0.349 e. The fourth-order valence-electron chi connectivity index (χ4n) is 2.49. The number of nitrogens with one attached hydrogen (secondary N) is 1. The van der Waals surface area contributed by atoms with Gasteiger partial charge in [0.2, 0.25) is 11.9 Å². The van der Waals surface area contributed by atoms with Crippen molar-refractivity contribution >= 4 is 11.9 Å². The summed E-state index contributed by atoms with van der Waals surface area (Å²) in [6, 6.07) is 1.79. The Bertz CT molecular complexity index is 611. The van der Waals surface area contributed by atoms with Gasteiger partial charge in [-0.25, -0.2) is 15.0 Å². The molecule has 0 saturated carbocycles. The lowest BCUT2D eigenvalue weighted by molar-refractivity contribution is -0.124. The number of anilines is 1. The van der Waals surface area contributed by atoms with Gasteiger partial charge < -0.3 is 14.8 Å². The Morgan fingerprint density at radius 1 is 1.33 bits per heavy atom. The average molecular weight is 286 g/mol. The van der Waals surface area contributed by atoms with E-state index in [9.17, 15) is 4.79 Å². The summed E-state index contributed by atoms with van der Waals surface area (Å²) >= 11 is 0. The fraction of sp³-hybridized carbons (Fsp3) is 0.429. The van der Waals surface area contributed by atoms with Crippen molar-refractivity contribution in [1.29, 1.82) is 0 Å². The van der Waals surface area contributed by atoms with Crippen LogP contribution in [0.3, 0.4) is 0 Å². The van der Waals surface area contributed by atoms with E-state index in [1.807, 2.05) is 22.7 Å². The molecular weight excluding hydrogens is 268 g/mol. The molecule has 0 bridgehead atoms. The number of nitrogens with zero attached hydrogens (tertiary/aromatic N) is 5. The van der Waals surface area contributed by atoms with Crippen LogP contribution in [-0.2, 0) is 18.4 Å². The Labute approximate surface area is 123 Å². The summed E-state index contributed by atoms with van der Waals surface area (Å²) in [6.45, 7) is 1.93. The second-order valence-electron chi connectivity index (χ2n) is 5.15. The molecule has 7 nitrogen and oxygen atoms in total. The normalized spacial score (nSPS) is 18.0. The Hall–Kier alpha value is -2.44. The van der Waals surface area contributed by atoms with E-state index in [-0.39, 0.29) is 11.8 Å². The van der Waals surface area contributed by atoms with Crippen LogP contribution in [0.1, 0.15) is 12.2 Å². The maximum atomic E-state index is 12.2. The predicted octanol–water partition coefficient (Wildman–Crippen LogP) is 0.353. The topological polar surface area (TPSA) is 75.9 Å². The van der Waals surface area contributed by atoms with Gasteiger partial charge in [-0.05, 0) is 12.5 Å². The molecule has 7 heteroatoms. The molecule has 2 aromatic rings. The first-order chi connectivity index (χ1) is 10.2. The molecule has 0 aliphatic carbocycles. The van der Waals surface area contributed by atoms with Crippen LogP contribution < -0.4 is 10.2 Å². The highest BCUT2D eigenvalue weighted by atomic mass is 16.1. The van der Waals surface area contributed by atoms with E-state index >= 15 is 0 Å². The molecule has 1 aliphatic heterocycles. The first-order valence-electron chi connectivity index (χ1n) is 7.00. The van der Waals surface area contributed by atoms with E-state index < -0.39 is 0 Å². The third-order valence-electron chi connectivity index (χ3n) is 3.74. The van der Waals surface area contributed by atoms with Gasteiger partial charge in [-0.1, -0.05) is 0 Å². The van der Waals surface area contributed by atoms with Crippen LogP contribution in [0.5, 0.6) is 0 Å². The summed E-state index contributed by atoms with van der Waals surface area (Å²) in [5.74, 6) is 1.59. The summed E-state index contributed by atoms with van der Waals surface area (Å²) in [4.78, 5) is 26.9. The monoisotopic (exact) mass is 286 g/mol. The van der Waals surface area contributed by atoms with Crippen molar-refractivity contribution in [2.75, 3.05) is 18.0 Å². The van der Waals surface area contributed by atoms with Crippen molar-refractivity contribution in [2.45, 2.75) is 13.0 Å². The van der Waals surface area contributed by atoms with Crippen molar-refractivity contribution < 1.29 is 4.79 Å². The number of hydrogen-bond donors (Lipinski definition) is 1. The Morgan fingerprint density at radius 3 is 2.86 bits per heavy atom. The Balaban J connectivity index is 1.54. The molecule has 0 radical (unpaired) electrons. The van der Waals surface area contributed by atoms with E-state index in [0.29, 0.717) is 19.0 Å².